The van der Waals surface area contributed by atoms with E-state index < -0.39 is 0 Å². The van der Waals surface area contributed by atoms with Crippen molar-refractivity contribution in [1.82, 2.24) is 9.97 Å². The van der Waals surface area contributed by atoms with Gasteiger partial charge in [-0.25, -0.2) is 9.97 Å². The van der Waals surface area contributed by atoms with Crippen molar-refractivity contribution in [1.29, 1.82) is 0 Å². The lowest BCUT2D eigenvalue weighted by Gasteiger charge is -2.18. The van der Waals surface area contributed by atoms with E-state index in [-0.39, 0.29) is 0 Å². The van der Waals surface area contributed by atoms with Gasteiger partial charge in [0.2, 0.25) is 0 Å². The second-order valence-corrected chi connectivity index (χ2v) is 4.02. The zero-order valence-electron chi connectivity index (χ0n) is 11.1. The fraction of sp³-hybridized carbons (Fsp3) is 0.667. The van der Waals surface area contributed by atoms with Crippen molar-refractivity contribution in [3.8, 4) is 0 Å². The Bertz CT molecular complexity index is 337. The molecule has 5 heteroatoms. The Morgan fingerprint density at radius 1 is 1.35 bits per heavy atom. The molecule has 17 heavy (non-hydrogen) atoms. The van der Waals surface area contributed by atoms with Crippen molar-refractivity contribution in [2.24, 2.45) is 0 Å². The number of nitrogens with zero attached hydrogens (tertiary/aromatic N) is 2. The van der Waals surface area contributed by atoms with E-state index in [0.29, 0.717) is 12.6 Å². The van der Waals surface area contributed by atoms with Crippen LogP contribution in [0.15, 0.2) is 6.07 Å². The molecule has 1 aromatic heterocycles. The minimum absolute atomic E-state index is 0.295. The van der Waals surface area contributed by atoms with Gasteiger partial charge in [-0.3, -0.25) is 0 Å². The van der Waals surface area contributed by atoms with E-state index in [1.807, 2.05) is 20.0 Å². The maximum atomic E-state index is 5.19. The van der Waals surface area contributed by atoms with Crippen LogP contribution in [0.4, 0.5) is 11.6 Å². The van der Waals surface area contributed by atoms with Crippen LogP contribution >= 0.6 is 0 Å². The lowest BCUT2D eigenvalue weighted by atomic mass is 10.2. The number of nitrogens with one attached hydrogen (secondary N) is 2. The maximum absolute atomic E-state index is 5.19. The van der Waals surface area contributed by atoms with Crippen LogP contribution in [0, 0.1) is 6.92 Å². The van der Waals surface area contributed by atoms with Crippen LogP contribution in [-0.4, -0.2) is 36.8 Å². The number of hydrogen-bond donors (Lipinski definition) is 2. The molecule has 1 rings (SSSR count). The number of rotatable bonds is 7. The van der Waals surface area contributed by atoms with Crippen molar-refractivity contribution in [2.45, 2.75) is 32.7 Å². The Kier molecular flexibility index (Phi) is 5.69. The topological polar surface area (TPSA) is 59.1 Å². The summed E-state index contributed by atoms with van der Waals surface area (Å²) >= 11 is 0. The van der Waals surface area contributed by atoms with Crippen molar-refractivity contribution < 1.29 is 4.74 Å². The highest BCUT2D eigenvalue weighted by Crippen LogP contribution is 2.13. The van der Waals surface area contributed by atoms with E-state index in [4.69, 9.17) is 4.74 Å². The molecule has 0 bridgehead atoms. The fourth-order valence-electron chi connectivity index (χ4n) is 1.73. The molecular formula is C12H22N4O. The van der Waals surface area contributed by atoms with E-state index in [9.17, 15) is 0 Å². The normalized spacial score (nSPS) is 12.2. The third kappa shape index (κ3) is 4.56. The Morgan fingerprint density at radius 2 is 2.06 bits per heavy atom. The van der Waals surface area contributed by atoms with Crippen molar-refractivity contribution in [2.75, 3.05) is 31.4 Å². The number of aromatic nitrogens is 2. The first-order valence-electron chi connectivity index (χ1n) is 5.98. The highest BCUT2D eigenvalue weighted by Gasteiger charge is 2.09. The van der Waals surface area contributed by atoms with Crippen LogP contribution in [-0.2, 0) is 4.74 Å². The van der Waals surface area contributed by atoms with Gasteiger partial charge in [-0.15, -0.1) is 0 Å². The summed E-state index contributed by atoms with van der Waals surface area (Å²) in [5.41, 5.74) is 0. The first kappa shape index (κ1) is 13.7. The van der Waals surface area contributed by atoms with Gasteiger partial charge in [0.1, 0.15) is 17.5 Å². The third-order valence-corrected chi connectivity index (χ3v) is 2.45. The molecule has 0 spiro atoms. The summed E-state index contributed by atoms with van der Waals surface area (Å²) in [5, 5.41) is 6.40. The van der Waals surface area contributed by atoms with E-state index in [0.717, 1.165) is 30.3 Å². The highest BCUT2D eigenvalue weighted by molar-refractivity contribution is 5.47. The lowest BCUT2D eigenvalue weighted by Crippen LogP contribution is -2.25. The van der Waals surface area contributed by atoms with Crippen molar-refractivity contribution >= 4 is 11.6 Å². The molecule has 1 aromatic rings. The van der Waals surface area contributed by atoms with Crippen LogP contribution in [0.5, 0.6) is 0 Å². The predicted molar refractivity (Wildman–Crippen MR) is 70.5 cm³/mol. The summed E-state index contributed by atoms with van der Waals surface area (Å²) in [7, 11) is 3.57. The summed E-state index contributed by atoms with van der Waals surface area (Å²) in [4.78, 5) is 8.63. The van der Waals surface area contributed by atoms with Gasteiger partial charge in [-0.2, -0.15) is 0 Å². The van der Waals surface area contributed by atoms with Crippen molar-refractivity contribution in [3.63, 3.8) is 0 Å². The van der Waals surface area contributed by atoms with Gasteiger partial charge in [0.25, 0.3) is 0 Å². The first-order valence-corrected chi connectivity index (χ1v) is 5.98. The van der Waals surface area contributed by atoms with Crippen LogP contribution in [0.1, 0.15) is 25.6 Å². The highest BCUT2D eigenvalue weighted by atomic mass is 16.5. The van der Waals surface area contributed by atoms with Crippen LogP contribution in [0.25, 0.3) is 0 Å². The predicted octanol–water partition coefficient (Wildman–Crippen LogP) is 2.05. The molecule has 0 saturated carbocycles. The summed E-state index contributed by atoms with van der Waals surface area (Å²) in [6, 6.07) is 2.20. The average Bonchev–Trinajstić information content (AvgIpc) is 2.29. The van der Waals surface area contributed by atoms with E-state index >= 15 is 0 Å². The third-order valence-electron chi connectivity index (χ3n) is 2.45. The molecule has 0 radical (unpaired) electrons. The fourth-order valence-corrected chi connectivity index (χ4v) is 1.73. The average molecular weight is 238 g/mol. The molecule has 0 amide bonds. The smallest absolute Gasteiger partial charge is 0.132 e. The van der Waals surface area contributed by atoms with Gasteiger partial charge in [0.15, 0.2) is 0 Å². The quantitative estimate of drug-likeness (QED) is 0.761. The molecule has 1 atom stereocenters. The molecule has 96 valence electrons. The van der Waals surface area contributed by atoms with Gasteiger partial charge in [-0.05, 0) is 13.3 Å². The standard InChI is InChI=1S/C12H22N4O/c1-5-6-10(8-17-4)16-12-7-11(13-3)14-9(2)15-12/h7,10H,5-6,8H2,1-4H3,(H2,13,14,15,16). The first-order chi connectivity index (χ1) is 8.19. The van der Waals surface area contributed by atoms with E-state index in [1.165, 1.54) is 0 Å². The lowest BCUT2D eigenvalue weighted by molar-refractivity contribution is 0.182. The minimum Gasteiger partial charge on any atom is -0.383 e. The number of hydrogen-bond acceptors (Lipinski definition) is 5. The summed E-state index contributed by atoms with van der Waals surface area (Å²) in [6.07, 6.45) is 2.18. The molecule has 2 N–H and O–H groups in total. The molecule has 0 fully saturated rings. The van der Waals surface area contributed by atoms with Crippen molar-refractivity contribution in [3.05, 3.63) is 11.9 Å². The van der Waals surface area contributed by atoms with Crippen LogP contribution in [0.2, 0.25) is 0 Å². The zero-order valence-corrected chi connectivity index (χ0v) is 11.1. The van der Waals surface area contributed by atoms with Crippen LogP contribution < -0.4 is 10.6 Å². The molecule has 0 aliphatic rings. The van der Waals surface area contributed by atoms with Gasteiger partial charge in [-0.1, -0.05) is 13.3 Å². The zero-order chi connectivity index (χ0) is 12.7. The van der Waals surface area contributed by atoms with E-state index in [2.05, 4.69) is 27.5 Å². The second kappa shape index (κ2) is 7.06. The van der Waals surface area contributed by atoms with Gasteiger partial charge >= 0.3 is 0 Å². The number of ether oxygens (including phenoxy) is 1. The Morgan fingerprint density at radius 3 is 2.65 bits per heavy atom. The van der Waals surface area contributed by atoms with Gasteiger partial charge < -0.3 is 15.4 Å². The minimum atomic E-state index is 0.295. The molecule has 1 unspecified atom stereocenters. The molecule has 0 aliphatic carbocycles. The molecule has 0 saturated heterocycles. The Hall–Kier alpha value is -1.36. The number of anilines is 2. The monoisotopic (exact) mass is 238 g/mol. The largest absolute Gasteiger partial charge is 0.383 e. The number of aryl methyl sites for hydroxylation is 1. The second-order valence-electron chi connectivity index (χ2n) is 4.02. The van der Waals surface area contributed by atoms with Gasteiger partial charge in [0.05, 0.1) is 12.6 Å². The Balaban J connectivity index is 2.73. The summed E-state index contributed by atoms with van der Waals surface area (Å²) < 4.78 is 5.19. The maximum Gasteiger partial charge on any atom is 0.132 e. The molecule has 0 aliphatic heterocycles. The van der Waals surface area contributed by atoms with Gasteiger partial charge in [0, 0.05) is 20.2 Å². The summed E-state index contributed by atoms with van der Waals surface area (Å²) in [5.74, 6) is 2.43. The molecule has 0 aromatic carbocycles. The molecule has 1 heterocycles. The number of methoxy groups -OCH3 is 1. The van der Waals surface area contributed by atoms with E-state index in [1.54, 1.807) is 7.11 Å². The molecular weight excluding hydrogens is 216 g/mol. The van der Waals surface area contributed by atoms with Crippen LogP contribution in [0.3, 0.4) is 0 Å². The Labute approximate surface area is 103 Å². The molecule has 5 nitrogen and oxygen atoms in total. The summed E-state index contributed by atoms with van der Waals surface area (Å²) in [6.45, 7) is 4.73. The SMILES string of the molecule is CCCC(COC)Nc1cc(NC)nc(C)n1.